The van der Waals surface area contributed by atoms with Gasteiger partial charge in [-0.15, -0.1) is 0 Å². The molecule has 28 heavy (non-hydrogen) atoms. The van der Waals surface area contributed by atoms with Gasteiger partial charge in [0, 0.05) is 43.1 Å². The highest BCUT2D eigenvalue weighted by molar-refractivity contribution is 5.79. The topological polar surface area (TPSA) is 58.6 Å². The van der Waals surface area contributed by atoms with Crippen LogP contribution in [0.25, 0.3) is 0 Å². The van der Waals surface area contributed by atoms with Crippen LogP contribution in [0.2, 0.25) is 0 Å². The van der Waals surface area contributed by atoms with E-state index in [2.05, 4.69) is 52.5 Å². The van der Waals surface area contributed by atoms with E-state index in [0.717, 1.165) is 43.3 Å². The van der Waals surface area contributed by atoms with Gasteiger partial charge in [-0.25, -0.2) is 9.97 Å². The first-order chi connectivity index (χ1) is 13.1. The predicted octanol–water partition coefficient (Wildman–Crippen LogP) is 3.15. The number of piperidine rings is 1. The van der Waals surface area contributed by atoms with Crippen LogP contribution in [0.4, 0.5) is 5.82 Å². The Balaban J connectivity index is 1.84. The zero-order chi connectivity index (χ0) is 20.5. The van der Waals surface area contributed by atoms with Gasteiger partial charge in [0.1, 0.15) is 11.6 Å². The third-order valence-corrected chi connectivity index (χ3v) is 5.57. The average Bonchev–Trinajstić information content (AvgIpc) is 2.66. The number of carbonyl (C=O) groups is 1. The molecule has 2 aliphatic rings. The molecule has 1 atom stereocenters. The van der Waals surface area contributed by atoms with Gasteiger partial charge in [-0.3, -0.25) is 4.79 Å². The number of rotatable bonds is 2. The minimum absolute atomic E-state index is 0.0398. The smallest absolute Gasteiger partial charge is 0.227 e. The summed E-state index contributed by atoms with van der Waals surface area (Å²) in [6, 6.07) is 2.12. The quantitative estimate of drug-likeness (QED) is 0.779. The molecule has 0 radical (unpaired) electrons. The van der Waals surface area contributed by atoms with Crippen LogP contribution in [0.15, 0.2) is 6.07 Å². The van der Waals surface area contributed by atoms with Crippen LogP contribution in [0.3, 0.4) is 0 Å². The van der Waals surface area contributed by atoms with Crippen LogP contribution in [-0.4, -0.2) is 60.2 Å². The first-order valence-corrected chi connectivity index (χ1v) is 10.6. The Morgan fingerprint density at radius 3 is 2.32 bits per heavy atom. The fourth-order valence-corrected chi connectivity index (χ4v) is 3.74. The predicted molar refractivity (Wildman–Crippen MR) is 112 cm³/mol. The number of aromatic nitrogens is 2. The van der Waals surface area contributed by atoms with Crippen molar-refractivity contribution in [3.05, 3.63) is 17.6 Å². The van der Waals surface area contributed by atoms with E-state index in [0.29, 0.717) is 26.3 Å². The van der Waals surface area contributed by atoms with Gasteiger partial charge in [-0.1, -0.05) is 41.5 Å². The van der Waals surface area contributed by atoms with Crippen molar-refractivity contribution in [2.75, 3.05) is 44.3 Å². The van der Waals surface area contributed by atoms with Crippen molar-refractivity contribution in [1.29, 1.82) is 0 Å². The lowest BCUT2D eigenvalue weighted by atomic mass is 9.89. The summed E-state index contributed by atoms with van der Waals surface area (Å²) in [4.78, 5) is 27.0. The molecular formula is C22H36N4O2. The lowest BCUT2D eigenvalue weighted by Gasteiger charge is -2.37. The first-order valence-electron chi connectivity index (χ1n) is 10.6. The van der Waals surface area contributed by atoms with Gasteiger partial charge in [0.2, 0.25) is 5.91 Å². The normalized spacial score (nSPS) is 21.7. The second-order valence-electron chi connectivity index (χ2n) is 10.2. The van der Waals surface area contributed by atoms with Crippen LogP contribution in [-0.2, 0) is 20.4 Å². The van der Waals surface area contributed by atoms with E-state index in [1.54, 1.807) is 0 Å². The minimum atomic E-state index is -0.116. The Labute approximate surface area is 169 Å². The molecule has 6 heteroatoms. The van der Waals surface area contributed by atoms with Crippen LogP contribution >= 0.6 is 0 Å². The Morgan fingerprint density at radius 1 is 1.04 bits per heavy atom. The van der Waals surface area contributed by atoms with Gasteiger partial charge in [0.25, 0.3) is 0 Å². The molecule has 3 heterocycles. The summed E-state index contributed by atoms with van der Waals surface area (Å²) in [7, 11) is 0. The van der Waals surface area contributed by atoms with Crippen molar-refractivity contribution in [2.45, 2.75) is 65.2 Å². The van der Waals surface area contributed by atoms with E-state index in [4.69, 9.17) is 14.7 Å². The number of nitrogens with zero attached hydrogens (tertiary/aromatic N) is 4. The monoisotopic (exact) mass is 388 g/mol. The molecule has 1 aromatic heterocycles. The summed E-state index contributed by atoms with van der Waals surface area (Å²) in [5.41, 5.74) is 0.898. The second kappa shape index (κ2) is 7.97. The number of amides is 1. The summed E-state index contributed by atoms with van der Waals surface area (Å²) in [5, 5.41) is 0. The van der Waals surface area contributed by atoms with E-state index in [1.165, 1.54) is 0 Å². The number of hydrogen-bond acceptors (Lipinski definition) is 5. The van der Waals surface area contributed by atoms with Crippen LogP contribution in [0.5, 0.6) is 0 Å². The zero-order valence-corrected chi connectivity index (χ0v) is 18.4. The van der Waals surface area contributed by atoms with Gasteiger partial charge in [-0.05, 0) is 12.8 Å². The fraction of sp³-hybridized carbons (Fsp3) is 0.773. The Hall–Kier alpha value is -1.69. The zero-order valence-electron chi connectivity index (χ0n) is 18.4. The molecule has 1 unspecified atom stereocenters. The number of ether oxygens (including phenoxy) is 1. The van der Waals surface area contributed by atoms with E-state index in [1.807, 2.05) is 4.90 Å². The maximum atomic E-state index is 13.0. The lowest BCUT2D eigenvalue weighted by molar-refractivity contribution is -0.139. The number of hydrogen-bond donors (Lipinski definition) is 0. The molecule has 0 N–H and O–H groups in total. The standard InChI is InChI=1S/C22H36N4O2/c1-21(2,3)17-14-18(24-20(23-17)22(4,5)6)26-9-7-8-16(15-26)19(27)25-10-12-28-13-11-25/h14,16H,7-13,15H2,1-6H3. The second-order valence-corrected chi connectivity index (χ2v) is 10.2. The van der Waals surface area contributed by atoms with E-state index in [-0.39, 0.29) is 22.7 Å². The summed E-state index contributed by atoms with van der Waals surface area (Å²) in [6.45, 7) is 17.4. The molecule has 0 aliphatic carbocycles. The molecule has 2 saturated heterocycles. The van der Waals surface area contributed by atoms with Gasteiger partial charge >= 0.3 is 0 Å². The highest BCUT2D eigenvalue weighted by atomic mass is 16.5. The van der Waals surface area contributed by atoms with Crippen molar-refractivity contribution in [2.24, 2.45) is 5.92 Å². The molecule has 1 amide bonds. The minimum Gasteiger partial charge on any atom is -0.378 e. The molecule has 3 rings (SSSR count). The van der Waals surface area contributed by atoms with Gasteiger partial charge in [0.05, 0.1) is 24.8 Å². The SMILES string of the molecule is CC(C)(C)c1cc(N2CCCC(C(=O)N3CCOCC3)C2)nc(C(C)(C)C)n1. The van der Waals surface area contributed by atoms with Crippen LogP contribution in [0, 0.1) is 5.92 Å². The van der Waals surface area contributed by atoms with E-state index >= 15 is 0 Å². The van der Waals surface area contributed by atoms with E-state index < -0.39 is 0 Å². The van der Waals surface area contributed by atoms with Gasteiger partial charge < -0.3 is 14.5 Å². The highest BCUT2D eigenvalue weighted by Crippen LogP contribution is 2.30. The Morgan fingerprint density at radius 2 is 1.71 bits per heavy atom. The van der Waals surface area contributed by atoms with Crippen molar-refractivity contribution < 1.29 is 9.53 Å². The number of morpholine rings is 1. The molecule has 2 fully saturated rings. The first kappa shape index (κ1) is 21.0. The summed E-state index contributed by atoms with van der Waals surface area (Å²) in [5.74, 6) is 2.15. The lowest BCUT2D eigenvalue weighted by Crippen LogP contribution is -2.48. The van der Waals surface area contributed by atoms with Crippen molar-refractivity contribution in [3.63, 3.8) is 0 Å². The summed E-state index contributed by atoms with van der Waals surface area (Å²) in [6.07, 6.45) is 1.97. The molecule has 0 saturated carbocycles. The van der Waals surface area contributed by atoms with Crippen molar-refractivity contribution in [1.82, 2.24) is 14.9 Å². The third kappa shape index (κ3) is 4.83. The Kier molecular flexibility index (Phi) is 5.99. The van der Waals surface area contributed by atoms with Gasteiger partial charge in [-0.2, -0.15) is 0 Å². The average molecular weight is 389 g/mol. The van der Waals surface area contributed by atoms with Gasteiger partial charge in [0.15, 0.2) is 0 Å². The molecule has 0 aromatic carbocycles. The van der Waals surface area contributed by atoms with Crippen LogP contribution < -0.4 is 4.90 Å². The third-order valence-electron chi connectivity index (χ3n) is 5.57. The summed E-state index contributed by atoms with van der Waals surface area (Å²) < 4.78 is 5.40. The summed E-state index contributed by atoms with van der Waals surface area (Å²) >= 11 is 0. The van der Waals surface area contributed by atoms with E-state index in [9.17, 15) is 4.79 Å². The maximum absolute atomic E-state index is 13.0. The molecule has 156 valence electrons. The highest BCUT2D eigenvalue weighted by Gasteiger charge is 2.32. The largest absolute Gasteiger partial charge is 0.378 e. The molecule has 0 bridgehead atoms. The molecule has 6 nitrogen and oxygen atoms in total. The molecule has 0 spiro atoms. The molecule has 1 aromatic rings. The maximum Gasteiger partial charge on any atom is 0.227 e. The van der Waals surface area contributed by atoms with Crippen molar-refractivity contribution in [3.8, 4) is 0 Å². The molecule has 2 aliphatic heterocycles. The number of carbonyl (C=O) groups excluding carboxylic acids is 1. The number of anilines is 1. The Bertz CT molecular complexity index is 667. The van der Waals surface area contributed by atoms with Crippen LogP contribution in [0.1, 0.15) is 65.9 Å². The van der Waals surface area contributed by atoms with Crippen molar-refractivity contribution >= 4 is 11.7 Å². The molecular weight excluding hydrogens is 352 g/mol. The fourth-order valence-electron chi connectivity index (χ4n) is 3.74.